The molecule has 138 valence electrons. The highest BCUT2D eigenvalue weighted by Crippen LogP contribution is 2.15. The van der Waals surface area contributed by atoms with Crippen LogP contribution in [0.4, 0.5) is 0 Å². The number of thiophene rings is 1. The fourth-order valence-electron chi connectivity index (χ4n) is 2.47. The van der Waals surface area contributed by atoms with Crippen LogP contribution < -0.4 is 5.56 Å². The van der Waals surface area contributed by atoms with Crippen LogP contribution in [0, 0.1) is 11.8 Å². The van der Waals surface area contributed by atoms with Gasteiger partial charge in [0.2, 0.25) is 0 Å². The molecule has 2 N–H and O–H groups in total. The van der Waals surface area contributed by atoms with Gasteiger partial charge in [0.05, 0.1) is 12.1 Å². The molecule has 1 amide bonds. The molecule has 0 saturated carbocycles. The number of aromatic amines is 1. The lowest BCUT2D eigenvalue weighted by Crippen LogP contribution is -2.28. The molecule has 7 heteroatoms. The van der Waals surface area contributed by atoms with Crippen LogP contribution in [0.1, 0.15) is 35.6 Å². The van der Waals surface area contributed by atoms with Crippen molar-refractivity contribution in [2.24, 2.45) is 0 Å². The number of carbonyl (C=O) groups excluding carboxylic acids is 1. The first-order chi connectivity index (χ1) is 12.7. The van der Waals surface area contributed by atoms with Gasteiger partial charge in [0.1, 0.15) is 16.1 Å². The van der Waals surface area contributed by atoms with Crippen molar-refractivity contribution in [3.05, 3.63) is 63.0 Å². The lowest BCUT2D eigenvalue weighted by atomic mass is 10.1. The lowest BCUT2D eigenvalue weighted by Gasteiger charge is -2.16. The summed E-state index contributed by atoms with van der Waals surface area (Å²) >= 11 is 1.34. The molecule has 0 saturated heterocycles. The molecular weight excluding hydrogens is 362 g/mol. The number of fused-ring (bicyclic) bond motifs is 1. The van der Waals surface area contributed by atoms with Crippen LogP contribution >= 0.6 is 11.3 Å². The van der Waals surface area contributed by atoms with Crippen LogP contribution in [-0.4, -0.2) is 38.5 Å². The molecule has 0 atom stereocenters. The van der Waals surface area contributed by atoms with Gasteiger partial charge in [-0.15, -0.1) is 11.3 Å². The smallest absolute Gasteiger partial charge is 0.268 e. The highest BCUT2D eigenvalue weighted by atomic mass is 32.1. The standard InChI is InChI=1S/C20H19N3O3S/c1-20(2,26)9-7-13-5-4-6-14(11-13)19(25)23(3)12-16-21-15-8-10-27-17(15)18(24)22-16/h4-6,8,10-11,26H,12H2,1-3H3,(H,21,22,24). The van der Waals surface area contributed by atoms with E-state index in [4.69, 9.17) is 0 Å². The molecule has 0 bridgehead atoms. The zero-order valence-electron chi connectivity index (χ0n) is 15.2. The largest absolute Gasteiger partial charge is 0.378 e. The Labute approximate surface area is 160 Å². The summed E-state index contributed by atoms with van der Waals surface area (Å²) in [5.74, 6) is 5.81. The first kappa shape index (κ1) is 18.8. The molecule has 0 fully saturated rings. The van der Waals surface area contributed by atoms with Gasteiger partial charge in [-0.2, -0.15) is 0 Å². The number of H-pyrrole nitrogens is 1. The van der Waals surface area contributed by atoms with Crippen LogP contribution in [0.15, 0.2) is 40.5 Å². The molecule has 1 aromatic carbocycles. The average molecular weight is 381 g/mol. The minimum atomic E-state index is -1.10. The van der Waals surface area contributed by atoms with Crippen molar-refractivity contribution in [2.75, 3.05) is 7.05 Å². The Bertz CT molecular complexity index is 1110. The number of hydrogen-bond acceptors (Lipinski definition) is 5. The predicted octanol–water partition coefficient (Wildman–Crippen LogP) is 2.38. The predicted molar refractivity (Wildman–Crippen MR) is 106 cm³/mol. The molecule has 3 rings (SSSR count). The molecule has 3 aromatic rings. The van der Waals surface area contributed by atoms with Gasteiger partial charge in [0, 0.05) is 18.2 Å². The minimum Gasteiger partial charge on any atom is -0.378 e. The van der Waals surface area contributed by atoms with Crippen molar-refractivity contribution in [1.82, 2.24) is 14.9 Å². The SMILES string of the molecule is CN(Cc1nc2ccsc2c(=O)[nH]1)C(=O)c1cccc(C#CC(C)(C)O)c1. The van der Waals surface area contributed by atoms with Crippen LogP contribution in [0.5, 0.6) is 0 Å². The number of hydrogen-bond donors (Lipinski definition) is 2. The van der Waals surface area contributed by atoms with Gasteiger partial charge in [0.15, 0.2) is 0 Å². The van der Waals surface area contributed by atoms with Crippen molar-refractivity contribution in [2.45, 2.75) is 26.0 Å². The van der Waals surface area contributed by atoms with Crippen molar-refractivity contribution < 1.29 is 9.90 Å². The Morgan fingerprint density at radius 3 is 2.89 bits per heavy atom. The molecule has 0 unspecified atom stereocenters. The van der Waals surface area contributed by atoms with E-state index >= 15 is 0 Å². The second kappa shape index (κ2) is 7.35. The third-order valence-electron chi connectivity index (χ3n) is 3.72. The molecule has 6 nitrogen and oxygen atoms in total. The fraction of sp³-hybridized carbons (Fsp3) is 0.250. The Hall–Kier alpha value is -2.95. The Morgan fingerprint density at radius 1 is 1.37 bits per heavy atom. The zero-order valence-corrected chi connectivity index (χ0v) is 16.1. The quantitative estimate of drug-likeness (QED) is 0.682. The second-order valence-corrected chi connectivity index (χ2v) is 7.61. The Morgan fingerprint density at radius 2 is 2.15 bits per heavy atom. The maximum atomic E-state index is 12.7. The molecule has 0 aliphatic rings. The maximum Gasteiger partial charge on any atom is 0.268 e. The number of amides is 1. The van der Waals surface area contributed by atoms with E-state index in [1.165, 1.54) is 16.2 Å². The summed E-state index contributed by atoms with van der Waals surface area (Å²) in [5, 5.41) is 11.5. The van der Waals surface area contributed by atoms with Crippen molar-refractivity contribution >= 4 is 27.5 Å². The number of rotatable bonds is 3. The molecular formula is C20H19N3O3S. The van der Waals surface area contributed by atoms with Crippen LogP contribution in [0.25, 0.3) is 10.2 Å². The number of carbonyl (C=O) groups is 1. The number of benzene rings is 1. The second-order valence-electron chi connectivity index (χ2n) is 6.70. The summed E-state index contributed by atoms with van der Waals surface area (Å²) in [7, 11) is 1.65. The van der Waals surface area contributed by atoms with Gasteiger partial charge in [-0.25, -0.2) is 4.98 Å². The van der Waals surface area contributed by atoms with E-state index in [9.17, 15) is 14.7 Å². The van der Waals surface area contributed by atoms with E-state index in [2.05, 4.69) is 21.8 Å². The molecule has 2 aromatic heterocycles. The van der Waals surface area contributed by atoms with E-state index < -0.39 is 5.60 Å². The lowest BCUT2D eigenvalue weighted by molar-refractivity contribution is 0.0781. The third kappa shape index (κ3) is 4.61. The summed E-state index contributed by atoms with van der Waals surface area (Å²) in [4.78, 5) is 33.4. The highest BCUT2D eigenvalue weighted by molar-refractivity contribution is 7.17. The van der Waals surface area contributed by atoms with Crippen molar-refractivity contribution in [1.29, 1.82) is 0 Å². The highest BCUT2D eigenvalue weighted by Gasteiger charge is 2.15. The van der Waals surface area contributed by atoms with Crippen LogP contribution in [0.3, 0.4) is 0 Å². The maximum absolute atomic E-state index is 12.7. The average Bonchev–Trinajstić information content (AvgIpc) is 3.08. The van der Waals surface area contributed by atoms with E-state index in [-0.39, 0.29) is 18.0 Å². The molecule has 0 radical (unpaired) electrons. The number of aliphatic hydroxyl groups is 1. The summed E-state index contributed by atoms with van der Waals surface area (Å²) < 4.78 is 0.575. The first-order valence-electron chi connectivity index (χ1n) is 8.30. The zero-order chi connectivity index (χ0) is 19.6. The fourth-order valence-corrected chi connectivity index (χ4v) is 3.19. The van der Waals surface area contributed by atoms with Gasteiger partial charge in [0.25, 0.3) is 11.5 Å². The van der Waals surface area contributed by atoms with Crippen molar-refractivity contribution in [3.8, 4) is 11.8 Å². The molecule has 27 heavy (non-hydrogen) atoms. The number of nitrogens with zero attached hydrogens (tertiary/aromatic N) is 2. The molecule has 0 aliphatic carbocycles. The molecule has 0 spiro atoms. The van der Waals surface area contributed by atoms with Gasteiger partial charge in [-0.05, 0) is 43.5 Å². The molecule has 2 heterocycles. The molecule has 0 aliphatic heterocycles. The van der Waals surface area contributed by atoms with Gasteiger partial charge in [-0.3, -0.25) is 9.59 Å². The van der Waals surface area contributed by atoms with Crippen molar-refractivity contribution in [3.63, 3.8) is 0 Å². The van der Waals surface area contributed by atoms with Gasteiger partial charge < -0.3 is 15.0 Å². The van der Waals surface area contributed by atoms with E-state index in [0.717, 1.165) is 0 Å². The van der Waals surface area contributed by atoms with E-state index in [1.807, 2.05) is 5.38 Å². The summed E-state index contributed by atoms with van der Waals surface area (Å²) in [6, 6.07) is 8.68. The summed E-state index contributed by atoms with van der Waals surface area (Å²) in [5.41, 5.74) is 0.439. The monoisotopic (exact) mass is 381 g/mol. The van der Waals surface area contributed by atoms with Gasteiger partial charge in [-0.1, -0.05) is 17.9 Å². The number of nitrogens with one attached hydrogen (secondary N) is 1. The van der Waals surface area contributed by atoms with Gasteiger partial charge >= 0.3 is 0 Å². The first-order valence-corrected chi connectivity index (χ1v) is 9.18. The Balaban J connectivity index is 1.80. The normalized spacial score (nSPS) is 11.1. The summed E-state index contributed by atoms with van der Waals surface area (Å²) in [6.45, 7) is 3.38. The van der Waals surface area contributed by atoms with Crippen LogP contribution in [-0.2, 0) is 6.54 Å². The van der Waals surface area contributed by atoms with E-state index in [1.54, 1.807) is 51.2 Å². The topological polar surface area (TPSA) is 86.3 Å². The number of aromatic nitrogens is 2. The summed E-state index contributed by atoms with van der Waals surface area (Å²) in [6.07, 6.45) is 0. The Kier molecular flexibility index (Phi) is 5.13. The minimum absolute atomic E-state index is 0.180. The van der Waals surface area contributed by atoms with E-state index in [0.29, 0.717) is 27.2 Å². The van der Waals surface area contributed by atoms with Crippen LogP contribution in [0.2, 0.25) is 0 Å². The third-order valence-corrected chi connectivity index (χ3v) is 4.62.